The minimum absolute atomic E-state index is 0.00596. The number of non-ortho nitro benzene ring substituents is 1. The molecule has 12 N–H and O–H groups in total. The van der Waals surface area contributed by atoms with E-state index in [9.17, 15) is 99.9 Å². The van der Waals surface area contributed by atoms with Gasteiger partial charge < -0.3 is 21.1 Å². The number of aromatic nitrogens is 2. The van der Waals surface area contributed by atoms with Crippen LogP contribution in [0.2, 0.25) is 5.02 Å². The SMILES string of the molecule is CN=Nc1c(S(=O)(=O)O)cc2c(S(=O)(=O)O)c(N=Nc3cc(S(=O)(=O)O)c4cc(SOOO)c(N=Nc5ccc([N+](=O)[O-])cc5C(=O)O)c(O)c4c3N)ccc2c1O.Cc1ccc(N=Nc2c(C)[nH]n(-c3cc(S(=O)(=O)O)ccc3Cl)c2=O)c(S(=O)(=O)O)c1. The van der Waals surface area contributed by atoms with Gasteiger partial charge in [-0.25, -0.2) is 14.7 Å². The number of anilines is 1. The van der Waals surface area contributed by atoms with Gasteiger partial charge in [0.25, 0.3) is 61.8 Å². The first-order valence-corrected chi connectivity index (χ1v) is 31.4. The second-order valence-corrected chi connectivity index (χ2v) is 25.6. The zero-order chi connectivity index (χ0) is 66.2. The van der Waals surface area contributed by atoms with Crippen LogP contribution < -0.4 is 11.3 Å². The smallest absolute Gasteiger partial charge is 0.338 e. The van der Waals surface area contributed by atoms with E-state index in [4.69, 9.17) is 22.6 Å². The number of nitro groups is 1. The summed E-state index contributed by atoms with van der Waals surface area (Å²) in [6.45, 7) is 3.10. The molecule has 8 rings (SSSR count). The number of carboxylic acids is 1. The number of aryl methyl sites for hydroxylation is 2. The summed E-state index contributed by atoms with van der Waals surface area (Å²) in [5.41, 5.74) is 0.134. The predicted octanol–water partition coefficient (Wildman–Crippen LogP) is 9.65. The normalized spacial score (nSPS) is 12.7. The third-order valence-corrected chi connectivity index (χ3v) is 17.1. The maximum absolute atomic E-state index is 12.8. The number of H-pyrrole nitrogens is 1. The number of phenols is 2. The first-order valence-electron chi connectivity index (χ1n) is 23.1. The maximum atomic E-state index is 12.8. The summed E-state index contributed by atoms with van der Waals surface area (Å²) in [6.07, 6.45) is 0. The number of phenolic OH excluding ortho intramolecular Hbond substituents is 2. The van der Waals surface area contributed by atoms with Gasteiger partial charge in [-0.15, -0.1) is 35.0 Å². The van der Waals surface area contributed by atoms with Crippen molar-refractivity contribution in [2.24, 2.45) is 40.9 Å². The van der Waals surface area contributed by atoms with E-state index in [1.54, 1.807) is 13.0 Å². The molecule has 89 heavy (non-hydrogen) atoms. The van der Waals surface area contributed by atoms with Gasteiger partial charge >= 0.3 is 5.97 Å². The lowest BCUT2D eigenvalue weighted by molar-refractivity contribution is -0.432. The maximum Gasteiger partial charge on any atom is 0.338 e. The largest absolute Gasteiger partial charge is 0.505 e. The predicted molar refractivity (Wildman–Crippen MR) is 306 cm³/mol. The summed E-state index contributed by atoms with van der Waals surface area (Å²) >= 11 is 6.13. The highest BCUT2D eigenvalue weighted by Gasteiger charge is 2.30. The molecule has 44 heteroatoms. The van der Waals surface area contributed by atoms with Crippen LogP contribution >= 0.6 is 23.6 Å². The van der Waals surface area contributed by atoms with E-state index in [1.165, 1.54) is 25.1 Å². The fourth-order valence-electron chi connectivity index (χ4n) is 7.91. The second-order valence-electron chi connectivity index (χ2n) is 17.5. The topological polar surface area (TPSA) is 594 Å². The van der Waals surface area contributed by atoms with Gasteiger partial charge in [-0.05, 0) is 86.1 Å². The molecule has 0 saturated heterocycles. The number of fused-ring (bicyclic) bond motifs is 2. The number of nitrogen functional groups attached to an aromatic ring is 1. The van der Waals surface area contributed by atoms with Gasteiger partial charge in [0.2, 0.25) is 0 Å². The summed E-state index contributed by atoms with van der Waals surface area (Å²) in [4.78, 5) is 30.1. The number of nitrogens with one attached hydrogen (secondary N) is 1. The van der Waals surface area contributed by atoms with E-state index in [-0.39, 0.29) is 39.8 Å². The van der Waals surface area contributed by atoms with Crippen LogP contribution in [0.25, 0.3) is 27.2 Å². The Morgan fingerprint density at radius 2 is 1.25 bits per heavy atom. The van der Waals surface area contributed by atoms with E-state index in [2.05, 4.69) is 55.4 Å². The van der Waals surface area contributed by atoms with Gasteiger partial charge in [0, 0.05) is 35.3 Å². The van der Waals surface area contributed by atoms with E-state index in [0.717, 1.165) is 54.2 Å². The number of aromatic hydroxyl groups is 2. The third-order valence-electron chi connectivity index (χ3n) is 11.7. The van der Waals surface area contributed by atoms with Crippen molar-refractivity contribution in [3.63, 3.8) is 0 Å². The second kappa shape index (κ2) is 25.5. The van der Waals surface area contributed by atoms with Gasteiger partial charge in [0.05, 0.1) is 59.8 Å². The van der Waals surface area contributed by atoms with Gasteiger partial charge in [-0.2, -0.15) is 52.3 Å². The Balaban J connectivity index is 0.000000305. The number of aromatic carboxylic acids is 1. The Hall–Kier alpha value is -9.19. The number of nitrogens with zero attached hydrogens (tertiary/aromatic N) is 10. The number of nitrogens with two attached hydrogens (primary N) is 1. The molecule has 468 valence electrons. The summed E-state index contributed by atoms with van der Waals surface area (Å²) in [7, 11) is -24.1. The summed E-state index contributed by atoms with van der Waals surface area (Å²) < 4.78 is 175. The van der Waals surface area contributed by atoms with Crippen molar-refractivity contribution in [3.8, 4) is 17.2 Å². The number of carboxylic acid groups (broad SMARTS) is 1. The zero-order valence-electron chi connectivity index (χ0n) is 44.0. The molecule has 1 aromatic heterocycles. The lowest BCUT2D eigenvalue weighted by atomic mass is 10.0. The van der Waals surface area contributed by atoms with E-state index >= 15 is 0 Å². The number of aromatic amines is 1. The monoisotopic (exact) mass is 1370 g/mol. The molecule has 0 aliphatic carbocycles. The van der Waals surface area contributed by atoms with Crippen molar-refractivity contribution < 1.29 is 105 Å². The minimum Gasteiger partial charge on any atom is -0.505 e. The molecule has 8 aromatic rings. The van der Waals surface area contributed by atoms with Crippen molar-refractivity contribution in [2.45, 2.75) is 43.2 Å². The van der Waals surface area contributed by atoms with E-state index in [1.807, 2.05) is 0 Å². The zero-order valence-corrected chi connectivity index (χ0v) is 49.7. The van der Waals surface area contributed by atoms with Crippen molar-refractivity contribution in [2.75, 3.05) is 12.8 Å². The Morgan fingerprint density at radius 3 is 1.83 bits per heavy atom. The molecule has 37 nitrogen and oxygen atoms in total. The molecule has 1 heterocycles. The van der Waals surface area contributed by atoms with Crippen LogP contribution in [0.4, 0.5) is 51.2 Å². The third kappa shape index (κ3) is 14.5. The van der Waals surface area contributed by atoms with Gasteiger partial charge in [-0.3, -0.25) is 42.8 Å². The Kier molecular flexibility index (Phi) is 19.3. The Morgan fingerprint density at radius 1 is 0.652 bits per heavy atom. The van der Waals surface area contributed by atoms with Crippen LogP contribution in [0.15, 0.2) is 160 Å². The fourth-order valence-corrected chi connectivity index (χ4v) is 12.0. The lowest BCUT2D eigenvalue weighted by Crippen LogP contribution is -2.15. The fraction of sp³-hybridized carbons (Fsp3) is 0.0667. The summed E-state index contributed by atoms with van der Waals surface area (Å²) in [5.74, 6) is -3.79. The number of carbonyl (C=O) groups is 1. The van der Waals surface area contributed by atoms with Crippen LogP contribution in [-0.4, -0.2) is 113 Å². The molecule has 0 amide bonds. The highest BCUT2D eigenvalue weighted by Crippen LogP contribution is 2.51. The minimum atomic E-state index is -5.45. The van der Waals surface area contributed by atoms with E-state index < -0.39 is 175 Å². The molecule has 0 aliphatic heterocycles. The van der Waals surface area contributed by atoms with Crippen LogP contribution in [0.5, 0.6) is 11.5 Å². The summed E-state index contributed by atoms with van der Waals surface area (Å²) in [5, 5.41) is 84.7. The highest BCUT2D eigenvalue weighted by molar-refractivity contribution is 7.94. The van der Waals surface area contributed by atoms with Crippen molar-refractivity contribution in [1.82, 2.24) is 9.78 Å². The molecule has 0 saturated carbocycles. The molecule has 0 radical (unpaired) electrons. The molecule has 0 atom stereocenters. The number of rotatable bonds is 18. The highest BCUT2D eigenvalue weighted by atomic mass is 35.5. The molecule has 7 aromatic carbocycles. The number of hydrogen-bond acceptors (Lipinski definition) is 29. The number of benzene rings is 7. The molecule has 0 bridgehead atoms. The quantitative estimate of drug-likeness (QED) is 0.00724. The van der Waals surface area contributed by atoms with Crippen molar-refractivity contribution in [1.29, 1.82) is 0 Å². The molecule has 0 aliphatic rings. The standard InChI is InChI=1S/C28H20N8O18S4.C17H15ClN4O7S2/c1-30-34-24-20(57(47,48)49)8-12-11(25(24)37)3-5-16(27(12)58(50,51)52)32-33-17-9-19(56(44,45)46)14-7-18(55-54-53-43)23(26(38)21(14)22(17)29)35-31-15-4-2-10(36(41)42)6-13(15)28(39)40;1-9-3-6-13(15(7-9)31(27,28)29)19-20-16-10(2)21-22(17(16)23)14-8-11(30(24,25)26)4-5-12(14)18/h2-9,37-38,43H,29H2,1H3,(H,39,40)(H,44,45,46)(H,47,48,49)(H,50,51,52);3-8,21H,1-2H3,(H,24,25,26)(H,27,28,29). The van der Waals surface area contributed by atoms with Crippen LogP contribution in [-0.2, 0) is 60.0 Å². The average Bonchev–Trinajstić information content (AvgIpc) is 1.29. The first kappa shape index (κ1) is 67.3. The van der Waals surface area contributed by atoms with Crippen molar-refractivity contribution >= 4 is 153 Å². The lowest BCUT2D eigenvalue weighted by Gasteiger charge is -2.15. The number of halogens is 1. The molecular formula is C45H35ClN12O25S6. The van der Waals surface area contributed by atoms with E-state index in [0.29, 0.717) is 23.8 Å². The van der Waals surface area contributed by atoms with Crippen LogP contribution in [0, 0.1) is 24.0 Å². The molecular weight excluding hydrogens is 1340 g/mol. The molecule has 0 spiro atoms. The van der Waals surface area contributed by atoms with Gasteiger partial charge in [0.15, 0.2) is 17.2 Å². The first-order chi connectivity index (χ1) is 41.3. The average molecular weight is 1370 g/mol. The van der Waals surface area contributed by atoms with Crippen LogP contribution in [0.3, 0.4) is 0 Å². The van der Waals surface area contributed by atoms with Gasteiger partial charge in [-0.1, -0.05) is 22.7 Å². The molecule has 0 fully saturated rings. The number of nitro benzene ring substituents is 1. The van der Waals surface area contributed by atoms with Crippen molar-refractivity contribution in [3.05, 3.63) is 127 Å². The summed E-state index contributed by atoms with van der Waals surface area (Å²) in [6, 6.07) is 13.5. The van der Waals surface area contributed by atoms with Crippen LogP contribution in [0.1, 0.15) is 21.6 Å². The Labute approximate surface area is 505 Å². The van der Waals surface area contributed by atoms with Gasteiger partial charge in [0.1, 0.15) is 53.7 Å². The number of azo groups is 4. The number of hydrogen-bond donors (Lipinski definition) is 11. The molecule has 0 unspecified atom stereocenters. The Bertz CT molecular complexity index is 5120.